The van der Waals surface area contributed by atoms with Crippen LogP contribution in [0.15, 0.2) is 0 Å². The number of rotatable bonds is 2. The third kappa shape index (κ3) is 1.97. The Hall–Kier alpha value is -1.60. The van der Waals surface area contributed by atoms with Crippen LogP contribution in [0.25, 0.3) is 10.2 Å². The van der Waals surface area contributed by atoms with E-state index in [0.29, 0.717) is 17.2 Å². The maximum atomic E-state index is 12.4. The summed E-state index contributed by atoms with van der Waals surface area (Å²) in [5, 5.41) is 8.22. The lowest BCUT2D eigenvalue weighted by Crippen LogP contribution is -2.39. The van der Waals surface area contributed by atoms with Crippen molar-refractivity contribution in [3.63, 3.8) is 0 Å². The second-order valence-corrected chi connectivity index (χ2v) is 6.18. The normalized spacial score (nSPS) is 22.6. The van der Waals surface area contributed by atoms with Crippen molar-refractivity contribution in [2.24, 2.45) is 7.05 Å². The number of hydrogen-bond acceptors (Lipinski definition) is 5. The molecule has 108 valence electrons. The summed E-state index contributed by atoms with van der Waals surface area (Å²) in [5.41, 5.74) is 7.51. The molecule has 6 nitrogen and oxygen atoms in total. The Labute approximate surface area is 120 Å². The van der Waals surface area contributed by atoms with Crippen LogP contribution in [-0.2, 0) is 11.8 Å². The summed E-state index contributed by atoms with van der Waals surface area (Å²) in [6, 6.07) is 0.0614. The zero-order valence-corrected chi connectivity index (χ0v) is 12.6. The minimum Gasteiger partial charge on any atom is -0.397 e. The second kappa shape index (κ2) is 4.75. The average Bonchev–Trinajstić information content (AvgIpc) is 3.01. The molecule has 2 atom stereocenters. The van der Waals surface area contributed by atoms with E-state index in [9.17, 15) is 4.79 Å². The number of thiophene rings is 1. The molecule has 0 aromatic carbocycles. The first-order valence-corrected chi connectivity index (χ1v) is 7.44. The van der Waals surface area contributed by atoms with Crippen LogP contribution in [0.1, 0.15) is 28.7 Å². The highest BCUT2D eigenvalue weighted by molar-refractivity contribution is 7.21. The predicted octanol–water partition coefficient (Wildman–Crippen LogP) is 1.43. The molecular formula is C13H18N4O2S. The van der Waals surface area contributed by atoms with Gasteiger partial charge in [0, 0.05) is 13.7 Å². The molecule has 20 heavy (non-hydrogen) atoms. The fourth-order valence-electron chi connectivity index (χ4n) is 2.65. The van der Waals surface area contributed by atoms with E-state index >= 15 is 0 Å². The first kappa shape index (κ1) is 13.4. The topological polar surface area (TPSA) is 82.2 Å². The van der Waals surface area contributed by atoms with E-state index in [-0.39, 0.29) is 18.1 Å². The van der Waals surface area contributed by atoms with Crippen molar-refractivity contribution in [1.82, 2.24) is 15.1 Å². The number of carbonyl (C=O) groups is 1. The van der Waals surface area contributed by atoms with E-state index in [1.54, 1.807) is 4.68 Å². The number of aryl methyl sites for hydroxylation is 2. The number of amides is 1. The summed E-state index contributed by atoms with van der Waals surface area (Å²) < 4.78 is 7.23. The Bertz CT molecular complexity index is 676. The van der Waals surface area contributed by atoms with E-state index in [2.05, 4.69) is 10.4 Å². The Balaban J connectivity index is 1.92. The van der Waals surface area contributed by atoms with Gasteiger partial charge >= 0.3 is 0 Å². The summed E-state index contributed by atoms with van der Waals surface area (Å²) in [5.74, 6) is -0.120. The van der Waals surface area contributed by atoms with Crippen molar-refractivity contribution in [3.8, 4) is 0 Å². The highest BCUT2D eigenvalue weighted by Crippen LogP contribution is 2.35. The summed E-state index contributed by atoms with van der Waals surface area (Å²) in [6.07, 6.45) is 0.899. The smallest absolute Gasteiger partial charge is 0.263 e. The lowest BCUT2D eigenvalue weighted by atomic mass is 10.1. The molecule has 0 saturated carbocycles. The number of aromatic nitrogens is 2. The van der Waals surface area contributed by atoms with Gasteiger partial charge in [-0.05, 0) is 20.3 Å². The Morgan fingerprint density at radius 1 is 1.60 bits per heavy atom. The SMILES string of the molecule is Cc1nn(C)c2sc(C(=O)NC3CCOC3C)c(N)c12. The van der Waals surface area contributed by atoms with Gasteiger partial charge in [-0.2, -0.15) is 5.10 Å². The zero-order chi connectivity index (χ0) is 14.4. The molecule has 0 bridgehead atoms. The molecule has 0 radical (unpaired) electrons. The minimum absolute atomic E-state index is 0.0537. The third-order valence-corrected chi connectivity index (χ3v) is 5.05. The van der Waals surface area contributed by atoms with E-state index in [1.807, 2.05) is 20.9 Å². The number of hydrogen-bond donors (Lipinski definition) is 2. The first-order valence-electron chi connectivity index (χ1n) is 6.63. The largest absolute Gasteiger partial charge is 0.397 e. The number of nitrogens with zero attached hydrogens (tertiary/aromatic N) is 2. The van der Waals surface area contributed by atoms with Crippen molar-refractivity contribution in [1.29, 1.82) is 0 Å². The molecule has 3 N–H and O–H groups in total. The maximum absolute atomic E-state index is 12.4. The molecule has 0 spiro atoms. The summed E-state index contributed by atoms with van der Waals surface area (Å²) in [6.45, 7) is 4.57. The molecule has 0 aliphatic carbocycles. The van der Waals surface area contributed by atoms with Gasteiger partial charge < -0.3 is 15.8 Å². The summed E-state index contributed by atoms with van der Waals surface area (Å²) >= 11 is 1.39. The molecular weight excluding hydrogens is 276 g/mol. The van der Waals surface area contributed by atoms with Crippen LogP contribution in [0.5, 0.6) is 0 Å². The number of nitrogen functional groups attached to an aromatic ring is 1. The summed E-state index contributed by atoms with van der Waals surface area (Å²) in [4.78, 5) is 13.9. The van der Waals surface area contributed by atoms with Crippen LogP contribution in [0, 0.1) is 6.92 Å². The molecule has 3 rings (SSSR count). The van der Waals surface area contributed by atoms with Crippen LogP contribution in [0.3, 0.4) is 0 Å². The Kier molecular flexibility index (Phi) is 3.18. The molecule has 2 aromatic rings. The van der Waals surface area contributed by atoms with Crippen molar-refractivity contribution in [2.75, 3.05) is 12.3 Å². The van der Waals surface area contributed by atoms with Gasteiger partial charge in [0.05, 0.1) is 28.9 Å². The number of ether oxygens (including phenoxy) is 1. The fourth-order valence-corrected chi connectivity index (χ4v) is 3.74. The first-order chi connectivity index (χ1) is 9.49. The van der Waals surface area contributed by atoms with Crippen molar-refractivity contribution < 1.29 is 9.53 Å². The van der Waals surface area contributed by atoms with Crippen LogP contribution in [-0.4, -0.2) is 34.4 Å². The van der Waals surface area contributed by atoms with Crippen LogP contribution >= 0.6 is 11.3 Å². The van der Waals surface area contributed by atoms with Gasteiger partial charge in [0.15, 0.2) is 0 Å². The Morgan fingerprint density at radius 3 is 2.95 bits per heavy atom. The average molecular weight is 294 g/mol. The predicted molar refractivity (Wildman–Crippen MR) is 79.0 cm³/mol. The lowest BCUT2D eigenvalue weighted by Gasteiger charge is -2.15. The van der Waals surface area contributed by atoms with Crippen LogP contribution in [0.4, 0.5) is 5.69 Å². The standard InChI is InChI=1S/C13H18N4O2S/c1-6-9-10(14)11(20-13(9)17(3)16-6)12(18)15-8-4-5-19-7(8)2/h7-8H,4-5,14H2,1-3H3,(H,15,18). The zero-order valence-electron chi connectivity index (χ0n) is 11.8. The number of nitrogens with one attached hydrogen (secondary N) is 1. The number of fused-ring (bicyclic) bond motifs is 1. The van der Waals surface area contributed by atoms with Gasteiger partial charge in [0.1, 0.15) is 9.71 Å². The highest BCUT2D eigenvalue weighted by Gasteiger charge is 2.28. The van der Waals surface area contributed by atoms with Crippen LogP contribution in [0.2, 0.25) is 0 Å². The van der Waals surface area contributed by atoms with Gasteiger partial charge in [-0.15, -0.1) is 11.3 Å². The van der Waals surface area contributed by atoms with Gasteiger partial charge in [-0.1, -0.05) is 0 Å². The van der Waals surface area contributed by atoms with E-state index < -0.39 is 0 Å². The van der Waals surface area contributed by atoms with E-state index in [0.717, 1.165) is 22.3 Å². The van der Waals surface area contributed by atoms with Gasteiger partial charge in [-0.25, -0.2) is 0 Å². The van der Waals surface area contributed by atoms with Crippen molar-refractivity contribution >= 4 is 33.1 Å². The fraction of sp³-hybridized carbons (Fsp3) is 0.538. The third-order valence-electron chi connectivity index (χ3n) is 3.78. The number of carbonyl (C=O) groups excluding carboxylic acids is 1. The van der Waals surface area contributed by atoms with E-state index in [4.69, 9.17) is 10.5 Å². The van der Waals surface area contributed by atoms with E-state index in [1.165, 1.54) is 11.3 Å². The lowest BCUT2D eigenvalue weighted by molar-refractivity contribution is 0.0870. The molecule has 2 aromatic heterocycles. The molecule has 2 unspecified atom stereocenters. The summed E-state index contributed by atoms with van der Waals surface area (Å²) in [7, 11) is 1.86. The van der Waals surface area contributed by atoms with Gasteiger partial charge in [0.25, 0.3) is 5.91 Å². The molecule has 1 amide bonds. The number of nitrogens with two attached hydrogens (primary N) is 1. The molecule has 1 aliphatic rings. The highest BCUT2D eigenvalue weighted by atomic mass is 32.1. The van der Waals surface area contributed by atoms with Gasteiger partial charge in [-0.3, -0.25) is 9.48 Å². The molecule has 1 aliphatic heterocycles. The maximum Gasteiger partial charge on any atom is 0.263 e. The van der Waals surface area contributed by atoms with Crippen molar-refractivity contribution in [3.05, 3.63) is 10.6 Å². The van der Waals surface area contributed by atoms with Gasteiger partial charge in [0.2, 0.25) is 0 Å². The molecule has 3 heterocycles. The number of anilines is 1. The quantitative estimate of drug-likeness (QED) is 0.878. The molecule has 1 fully saturated rings. The molecule has 1 saturated heterocycles. The Morgan fingerprint density at radius 2 is 2.35 bits per heavy atom. The second-order valence-electron chi connectivity index (χ2n) is 5.18. The van der Waals surface area contributed by atoms with Crippen molar-refractivity contribution in [2.45, 2.75) is 32.4 Å². The monoisotopic (exact) mass is 294 g/mol. The minimum atomic E-state index is -0.120. The van der Waals surface area contributed by atoms with Crippen LogP contribution < -0.4 is 11.1 Å². The molecule has 7 heteroatoms.